The first kappa shape index (κ1) is 18.9. The Kier molecular flexibility index (Phi) is 5.31. The highest BCUT2D eigenvalue weighted by Crippen LogP contribution is 2.40. The highest BCUT2D eigenvalue weighted by molar-refractivity contribution is 5.95. The molecule has 28 heavy (non-hydrogen) atoms. The lowest BCUT2D eigenvalue weighted by Crippen LogP contribution is -2.45. The highest BCUT2D eigenvalue weighted by atomic mass is 19.1. The molecule has 0 unspecified atom stereocenters. The average molecular weight is 382 g/mol. The smallest absolute Gasteiger partial charge is 0.254 e. The van der Waals surface area contributed by atoms with Gasteiger partial charge in [-0.05, 0) is 44.0 Å². The summed E-state index contributed by atoms with van der Waals surface area (Å²) in [6, 6.07) is 10.6. The Hall–Kier alpha value is -2.47. The van der Waals surface area contributed by atoms with E-state index >= 15 is 0 Å². The number of benzene rings is 1. The van der Waals surface area contributed by atoms with Gasteiger partial charge in [-0.1, -0.05) is 18.2 Å². The minimum Gasteiger partial charge on any atom is -0.373 e. The molecule has 2 aromatic rings. The molecular formula is C22H27FN4O. The van der Waals surface area contributed by atoms with Crippen molar-refractivity contribution < 1.29 is 9.18 Å². The quantitative estimate of drug-likeness (QED) is 0.881. The van der Waals surface area contributed by atoms with Crippen molar-refractivity contribution >= 4 is 11.7 Å². The number of aromatic nitrogens is 1. The van der Waals surface area contributed by atoms with Gasteiger partial charge < -0.3 is 10.2 Å². The standard InChI is InChI=1S/C22H27FN4O/c1-24-20-13-17(7-10-25-20)21(28)27-12-9-22(16-27)8-4-11-26(15-22)14-18-5-2-3-6-19(18)23/h2-3,5-7,10,13H,4,8-9,11-12,14-16H2,1H3,(H,24,25)/t22-/m1/s1. The van der Waals surface area contributed by atoms with Crippen molar-refractivity contribution in [2.24, 2.45) is 5.41 Å². The molecule has 1 N–H and O–H groups in total. The van der Waals surface area contributed by atoms with Gasteiger partial charge in [0, 0.05) is 56.0 Å². The summed E-state index contributed by atoms with van der Waals surface area (Å²) in [5.41, 5.74) is 1.55. The van der Waals surface area contributed by atoms with Crippen LogP contribution >= 0.6 is 0 Å². The number of carbonyl (C=O) groups is 1. The van der Waals surface area contributed by atoms with Gasteiger partial charge in [0.2, 0.25) is 0 Å². The van der Waals surface area contributed by atoms with Crippen LogP contribution < -0.4 is 5.32 Å². The lowest BCUT2D eigenvalue weighted by atomic mass is 9.79. The second-order valence-corrected chi connectivity index (χ2v) is 8.06. The van der Waals surface area contributed by atoms with Crippen molar-refractivity contribution in [3.63, 3.8) is 0 Å². The molecule has 4 rings (SSSR count). The molecule has 0 saturated carbocycles. The zero-order valence-corrected chi connectivity index (χ0v) is 16.3. The Morgan fingerprint density at radius 2 is 2.07 bits per heavy atom. The topological polar surface area (TPSA) is 48.5 Å². The number of rotatable bonds is 4. The van der Waals surface area contributed by atoms with E-state index in [0.717, 1.165) is 51.0 Å². The predicted octanol–water partition coefficient (Wildman–Crippen LogP) is 3.39. The van der Waals surface area contributed by atoms with E-state index in [1.54, 1.807) is 31.4 Å². The van der Waals surface area contributed by atoms with Gasteiger partial charge in [0.1, 0.15) is 11.6 Å². The molecular weight excluding hydrogens is 355 g/mol. The summed E-state index contributed by atoms with van der Waals surface area (Å²) in [7, 11) is 1.80. The van der Waals surface area contributed by atoms with Crippen LogP contribution in [0.3, 0.4) is 0 Å². The number of hydrogen-bond donors (Lipinski definition) is 1. The van der Waals surface area contributed by atoms with Gasteiger partial charge >= 0.3 is 0 Å². The molecule has 0 bridgehead atoms. The maximum atomic E-state index is 14.0. The van der Waals surface area contributed by atoms with Crippen LogP contribution in [-0.4, -0.2) is 53.9 Å². The zero-order valence-electron chi connectivity index (χ0n) is 16.3. The normalized spacial score (nSPS) is 22.6. The molecule has 1 spiro atoms. The average Bonchev–Trinajstić information content (AvgIpc) is 3.12. The second-order valence-electron chi connectivity index (χ2n) is 8.06. The van der Waals surface area contributed by atoms with Crippen molar-refractivity contribution in [3.8, 4) is 0 Å². The van der Waals surface area contributed by atoms with Gasteiger partial charge in [0.25, 0.3) is 5.91 Å². The fourth-order valence-electron chi connectivity index (χ4n) is 4.64. The summed E-state index contributed by atoms with van der Waals surface area (Å²) in [5, 5.41) is 2.98. The largest absolute Gasteiger partial charge is 0.373 e. The molecule has 1 amide bonds. The fraction of sp³-hybridized carbons (Fsp3) is 0.455. The molecule has 0 radical (unpaired) electrons. The number of nitrogens with zero attached hydrogens (tertiary/aromatic N) is 3. The van der Waals surface area contributed by atoms with E-state index in [-0.39, 0.29) is 17.1 Å². The molecule has 2 aliphatic rings. The van der Waals surface area contributed by atoms with Crippen LogP contribution in [0.2, 0.25) is 0 Å². The SMILES string of the molecule is CNc1cc(C(=O)N2CC[C@@]3(CCCN(Cc4ccccc4F)C3)C2)ccn1. The van der Waals surface area contributed by atoms with Crippen LogP contribution in [0.25, 0.3) is 0 Å². The summed E-state index contributed by atoms with van der Waals surface area (Å²) in [6.45, 7) is 4.10. The predicted molar refractivity (Wildman–Crippen MR) is 108 cm³/mol. The first-order valence-electron chi connectivity index (χ1n) is 9.97. The van der Waals surface area contributed by atoms with Gasteiger partial charge in [-0.3, -0.25) is 9.69 Å². The zero-order chi connectivity index (χ0) is 19.6. The van der Waals surface area contributed by atoms with Crippen molar-refractivity contribution in [2.75, 3.05) is 38.5 Å². The van der Waals surface area contributed by atoms with Gasteiger partial charge in [-0.25, -0.2) is 9.37 Å². The molecule has 5 nitrogen and oxygen atoms in total. The van der Waals surface area contributed by atoms with Crippen molar-refractivity contribution in [1.82, 2.24) is 14.8 Å². The molecule has 2 aliphatic heterocycles. The Morgan fingerprint density at radius 1 is 1.21 bits per heavy atom. The number of piperidine rings is 1. The molecule has 2 fully saturated rings. The van der Waals surface area contributed by atoms with Crippen LogP contribution in [0, 0.1) is 11.2 Å². The summed E-state index contributed by atoms with van der Waals surface area (Å²) in [5.74, 6) is 0.638. The van der Waals surface area contributed by atoms with Crippen LogP contribution in [-0.2, 0) is 6.54 Å². The number of halogens is 1. The lowest BCUT2D eigenvalue weighted by molar-refractivity contribution is 0.0673. The van der Waals surface area contributed by atoms with Crippen LogP contribution in [0.5, 0.6) is 0 Å². The molecule has 1 atom stereocenters. The van der Waals surface area contributed by atoms with Gasteiger partial charge in [-0.15, -0.1) is 0 Å². The van der Waals surface area contributed by atoms with Crippen LogP contribution in [0.4, 0.5) is 10.2 Å². The third kappa shape index (κ3) is 3.87. The summed E-state index contributed by atoms with van der Waals surface area (Å²) >= 11 is 0. The van der Waals surface area contributed by atoms with E-state index in [1.807, 2.05) is 17.0 Å². The molecule has 148 valence electrons. The Morgan fingerprint density at radius 3 is 2.89 bits per heavy atom. The van der Waals surface area contributed by atoms with Gasteiger partial charge in [-0.2, -0.15) is 0 Å². The fourth-order valence-corrected chi connectivity index (χ4v) is 4.64. The van der Waals surface area contributed by atoms with E-state index in [9.17, 15) is 9.18 Å². The second kappa shape index (κ2) is 7.87. The molecule has 0 aliphatic carbocycles. The number of likely N-dealkylation sites (tertiary alicyclic amines) is 2. The number of amides is 1. The summed E-state index contributed by atoms with van der Waals surface area (Å²) in [4.78, 5) is 21.5. The molecule has 3 heterocycles. The number of anilines is 1. The van der Waals surface area contributed by atoms with Crippen LogP contribution in [0.1, 0.15) is 35.2 Å². The monoisotopic (exact) mass is 382 g/mol. The van der Waals surface area contributed by atoms with E-state index < -0.39 is 0 Å². The number of hydrogen-bond acceptors (Lipinski definition) is 4. The lowest BCUT2D eigenvalue weighted by Gasteiger charge is -2.40. The number of pyridine rings is 1. The van der Waals surface area contributed by atoms with E-state index in [4.69, 9.17) is 0 Å². The Labute approximate surface area is 165 Å². The third-order valence-electron chi connectivity index (χ3n) is 6.08. The van der Waals surface area contributed by atoms with Crippen molar-refractivity contribution in [3.05, 3.63) is 59.5 Å². The maximum absolute atomic E-state index is 14.0. The minimum absolute atomic E-state index is 0.0713. The van der Waals surface area contributed by atoms with Crippen LogP contribution in [0.15, 0.2) is 42.6 Å². The first-order chi connectivity index (χ1) is 13.6. The Balaban J connectivity index is 1.43. The van der Waals surface area contributed by atoms with E-state index in [1.165, 1.54) is 6.07 Å². The molecule has 6 heteroatoms. The third-order valence-corrected chi connectivity index (χ3v) is 6.08. The van der Waals surface area contributed by atoms with Crippen molar-refractivity contribution in [2.45, 2.75) is 25.8 Å². The van der Waals surface area contributed by atoms with E-state index in [0.29, 0.717) is 17.9 Å². The molecule has 1 aromatic heterocycles. The minimum atomic E-state index is -0.136. The Bertz CT molecular complexity index is 858. The summed E-state index contributed by atoms with van der Waals surface area (Å²) in [6.07, 6.45) is 4.90. The molecule has 1 aromatic carbocycles. The van der Waals surface area contributed by atoms with E-state index in [2.05, 4.69) is 15.2 Å². The highest BCUT2D eigenvalue weighted by Gasteiger charge is 2.42. The maximum Gasteiger partial charge on any atom is 0.254 e. The summed E-state index contributed by atoms with van der Waals surface area (Å²) < 4.78 is 14.0. The van der Waals surface area contributed by atoms with Gasteiger partial charge in [0.05, 0.1) is 0 Å². The molecule has 2 saturated heterocycles. The number of carbonyl (C=O) groups excluding carboxylic acids is 1. The van der Waals surface area contributed by atoms with Crippen molar-refractivity contribution in [1.29, 1.82) is 0 Å². The van der Waals surface area contributed by atoms with Gasteiger partial charge in [0.15, 0.2) is 0 Å². The number of nitrogens with one attached hydrogen (secondary N) is 1. The first-order valence-corrected chi connectivity index (χ1v) is 9.97.